The highest BCUT2D eigenvalue weighted by molar-refractivity contribution is 8.00. The Labute approximate surface area is 261 Å². The van der Waals surface area contributed by atoms with E-state index >= 15 is 0 Å². The molecule has 0 fully saturated rings. The molecule has 5 rings (SSSR count). The number of nitrogens with one attached hydrogen (secondary N) is 3. The molecule has 222 valence electrons. The van der Waals surface area contributed by atoms with Gasteiger partial charge in [-0.1, -0.05) is 41.7 Å². The first-order chi connectivity index (χ1) is 21.4. The lowest BCUT2D eigenvalue weighted by atomic mass is 10.1. The molecule has 0 aliphatic rings. The molecular formula is C32H27N5O5S2. The summed E-state index contributed by atoms with van der Waals surface area (Å²) < 4.78 is 11.4. The van der Waals surface area contributed by atoms with Gasteiger partial charge in [0.1, 0.15) is 28.0 Å². The van der Waals surface area contributed by atoms with Crippen LogP contribution in [0.15, 0.2) is 106 Å². The van der Waals surface area contributed by atoms with Crippen LogP contribution >= 0.6 is 23.1 Å². The summed E-state index contributed by atoms with van der Waals surface area (Å²) in [6.07, 6.45) is 1.47. The number of ether oxygens (including phenoxy) is 1. The molecule has 0 radical (unpaired) electrons. The molecule has 44 heavy (non-hydrogen) atoms. The van der Waals surface area contributed by atoms with E-state index in [0.29, 0.717) is 33.7 Å². The van der Waals surface area contributed by atoms with Crippen LogP contribution in [0.1, 0.15) is 21.1 Å². The predicted octanol–water partition coefficient (Wildman–Crippen LogP) is 6.26. The Hall–Kier alpha value is -5.20. The predicted molar refractivity (Wildman–Crippen MR) is 172 cm³/mol. The van der Waals surface area contributed by atoms with Gasteiger partial charge < -0.3 is 19.8 Å². The van der Waals surface area contributed by atoms with Crippen LogP contribution < -0.4 is 20.7 Å². The first-order valence-corrected chi connectivity index (χ1v) is 15.1. The fraction of sp³-hybridized carbons (Fsp3) is 0.0938. The monoisotopic (exact) mass is 625 g/mol. The Balaban J connectivity index is 1.29. The number of benzene rings is 3. The zero-order valence-electron chi connectivity index (χ0n) is 23.7. The lowest BCUT2D eigenvalue weighted by molar-refractivity contribution is -0.114. The van der Waals surface area contributed by atoms with Gasteiger partial charge in [-0.15, -0.1) is 22.0 Å². The summed E-state index contributed by atoms with van der Waals surface area (Å²) in [5.41, 5.74) is 1.63. The molecule has 0 saturated heterocycles. The molecule has 3 aromatic carbocycles. The second kappa shape index (κ2) is 14.3. The fourth-order valence-electron chi connectivity index (χ4n) is 3.99. The van der Waals surface area contributed by atoms with Crippen LogP contribution in [0.5, 0.6) is 5.75 Å². The number of methoxy groups -OCH3 is 1. The van der Waals surface area contributed by atoms with Gasteiger partial charge in [0.15, 0.2) is 0 Å². The lowest BCUT2D eigenvalue weighted by Gasteiger charge is -2.11. The van der Waals surface area contributed by atoms with Gasteiger partial charge in [0.05, 0.1) is 18.4 Å². The summed E-state index contributed by atoms with van der Waals surface area (Å²) in [5, 5.41) is 17.2. The molecule has 3 amide bonds. The quantitative estimate of drug-likeness (QED) is 0.116. The molecule has 0 spiro atoms. The minimum Gasteiger partial charge on any atom is -0.496 e. The van der Waals surface area contributed by atoms with Gasteiger partial charge in [0.25, 0.3) is 11.8 Å². The van der Waals surface area contributed by atoms with Gasteiger partial charge in [-0.25, -0.2) is 0 Å². The molecule has 10 nitrogen and oxygen atoms in total. The van der Waals surface area contributed by atoms with Crippen LogP contribution in [-0.2, 0) is 9.59 Å². The van der Waals surface area contributed by atoms with Crippen molar-refractivity contribution < 1.29 is 23.5 Å². The molecule has 12 heteroatoms. The molecular weight excluding hydrogens is 599 g/mol. The van der Waals surface area contributed by atoms with E-state index in [1.54, 1.807) is 73.8 Å². The number of thioether (sulfide) groups is 1. The Morgan fingerprint density at radius 1 is 0.909 bits per heavy atom. The lowest BCUT2D eigenvalue weighted by Crippen LogP contribution is -2.30. The van der Waals surface area contributed by atoms with Crippen LogP contribution in [0.25, 0.3) is 17.4 Å². The third kappa shape index (κ3) is 8.00. The molecule has 2 heterocycles. The molecule has 0 aliphatic heterocycles. The zero-order valence-corrected chi connectivity index (χ0v) is 25.3. The van der Waals surface area contributed by atoms with Gasteiger partial charge in [0, 0.05) is 22.2 Å². The third-order valence-corrected chi connectivity index (χ3v) is 7.84. The minimum atomic E-state index is -0.545. The first-order valence-electron chi connectivity index (χ1n) is 13.3. The van der Waals surface area contributed by atoms with Crippen LogP contribution in [-0.4, -0.2) is 40.8 Å². The van der Waals surface area contributed by atoms with Crippen molar-refractivity contribution in [1.82, 2.24) is 15.5 Å². The summed E-state index contributed by atoms with van der Waals surface area (Å²) in [6, 6.07) is 26.5. The maximum absolute atomic E-state index is 13.4. The first kappa shape index (κ1) is 30.3. The number of anilines is 2. The maximum atomic E-state index is 13.4. The number of para-hydroxylation sites is 1. The Bertz CT molecular complexity index is 1800. The Morgan fingerprint density at radius 3 is 2.39 bits per heavy atom. The SMILES string of the molecule is COc1ccccc1-c1ccc(/C=C(\NC(=O)c2ccccc2)C(=O)Nc2ccc(SCC(=O)Nc3nnc(C)s3)cc2)o1. The summed E-state index contributed by atoms with van der Waals surface area (Å²) in [7, 11) is 1.58. The largest absolute Gasteiger partial charge is 0.496 e. The zero-order chi connectivity index (χ0) is 30.9. The number of amides is 3. The van der Waals surface area contributed by atoms with Crippen LogP contribution in [0, 0.1) is 6.92 Å². The van der Waals surface area contributed by atoms with Gasteiger partial charge in [-0.2, -0.15) is 0 Å². The van der Waals surface area contributed by atoms with Crippen LogP contribution in [0.4, 0.5) is 10.8 Å². The van der Waals surface area contributed by atoms with E-state index in [2.05, 4.69) is 26.1 Å². The highest BCUT2D eigenvalue weighted by atomic mass is 32.2. The van der Waals surface area contributed by atoms with E-state index in [1.807, 2.05) is 31.2 Å². The Kier molecular flexibility index (Phi) is 9.85. The average Bonchev–Trinajstić information content (AvgIpc) is 3.69. The van der Waals surface area contributed by atoms with E-state index in [1.165, 1.54) is 29.2 Å². The van der Waals surface area contributed by atoms with Crippen molar-refractivity contribution in [3.05, 3.63) is 113 Å². The fourth-order valence-corrected chi connectivity index (χ4v) is 5.30. The van der Waals surface area contributed by atoms with Crippen molar-refractivity contribution in [3.63, 3.8) is 0 Å². The molecule has 3 N–H and O–H groups in total. The summed E-state index contributed by atoms with van der Waals surface area (Å²) >= 11 is 2.65. The number of aromatic nitrogens is 2. The number of carbonyl (C=O) groups is 3. The average molecular weight is 626 g/mol. The standard InChI is InChI=1S/C32H27N5O5S2/c1-20-36-37-32(44-20)35-29(38)19-43-24-15-12-22(13-16-24)33-31(40)26(34-30(39)21-8-4-3-5-9-21)18-23-14-17-28(42-23)25-10-6-7-11-27(25)41-2/h3-18H,19H2,1-2H3,(H,33,40)(H,34,39)(H,35,37,38)/b26-18-. The van der Waals surface area contributed by atoms with Crippen molar-refractivity contribution in [2.75, 3.05) is 23.5 Å². The molecule has 2 aromatic heterocycles. The minimum absolute atomic E-state index is 0.0122. The number of aryl methyl sites for hydroxylation is 1. The van der Waals surface area contributed by atoms with E-state index in [0.717, 1.165) is 15.5 Å². The van der Waals surface area contributed by atoms with E-state index in [9.17, 15) is 14.4 Å². The highest BCUT2D eigenvalue weighted by Gasteiger charge is 2.17. The van der Waals surface area contributed by atoms with Crippen molar-refractivity contribution in [1.29, 1.82) is 0 Å². The van der Waals surface area contributed by atoms with E-state index < -0.39 is 11.8 Å². The molecule has 5 aromatic rings. The van der Waals surface area contributed by atoms with Gasteiger partial charge >= 0.3 is 0 Å². The number of furan rings is 1. The van der Waals surface area contributed by atoms with Crippen molar-refractivity contribution in [2.45, 2.75) is 11.8 Å². The summed E-state index contributed by atoms with van der Waals surface area (Å²) in [4.78, 5) is 39.5. The molecule has 0 atom stereocenters. The molecule has 0 unspecified atom stereocenters. The topological polar surface area (TPSA) is 135 Å². The Morgan fingerprint density at radius 2 is 1.66 bits per heavy atom. The number of rotatable bonds is 11. The van der Waals surface area contributed by atoms with Gasteiger partial charge in [0.2, 0.25) is 11.0 Å². The normalized spacial score (nSPS) is 11.1. The smallest absolute Gasteiger partial charge is 0.272 e. The number of hydrogen-bond donors (Lipinski definition) is 3. The van der Waals surface area contributed by atoms with E-state index in [4.69, 9.17) is 9.15 Å². The van der Waals surface area contributed by atoms with Crippen molar-refractivity contribution in [3.8, 4) is 17.1 Å². The van der Waals surface area contributed by atoms with Crippen LogP contribution in [0.2, 0.25) is 0 Å². The number of hydrogen-bond acceptors (Lipinski definition) is 9. The number of nitrogens with zero attached hydrogens (tertiary/aromatic N) is 2. The highest BCUT2D eigenvalue weighted by Crippen LogP contribution is 2.31. The van der Waals surface area contributed by atoms with E-state index in [-0.39, 0.29) is 17.4 Å². The summed E-state index contributed by atoms with van der Waals surface area (Å²) in [5.74, 6) is 0.541. The second-order valence-corrected chi connectivity index (χ2v) is 11.5. The summed E-state index contributed by atoms with van der Waals surface area (Å²) in [6.45, 7) is 1.81. The second-order valence-electron chi connectivity index (χ2n) is 9.22. The third-order valence-electron chi connectivity index (χ3n) is 6.07. The maximum Gasteiger partial charge on any atom is 0.272 e. The van der Waals surface area contributed by atoms with Crippen molar-refractivity contribution >= 4 is 57.7 Å². The van der Waals surface area contributed by atoms with Gasteiger partial charge in [-0.05, 0) is 67.6 Å². The van der Waals surface area contributed by atoms with Crippen molar-refractivity contribution in [2.24, 2.45) is 0 Å². The molecule has 0 aliphatic carbocycles. The molecule has 0 bridgehead atoms. The number of carbonyl (C=O) groups excluding carboxylic acids is 3. The van der Waals surface area contributed by atoms with Crippen LogP contribution in [0.3, 0.4) is 0 Å². The molecule has 0 saturated carbocycles. The van der Waals surface area contributed by atoms with Gasteiger partial charge in [-0.3, -0.25) is 19.7 Å².